The zero-order chi connectivity index (χ0) is 61.0. The predicted octanol–water partition coefficient (Wildman–Crippen LogP) is 8.92. The van der Waals surface area contributed by atoms with Gasteiger partial charge in [-0.15, -0.1) is 0 Å². The van der Waals surface area contributed by atoms with Crippen molar-refractivity contribution < 1.29 is 0 Å². The predicted molar refractivity (Wildman–Crippen MR) is 355 cm³/mol. The van der Waals surface area contributed by atoms with Crippen LogP contribution >= 0.6 is 0 Å². The van der Waals surface area contributed by atoms with Crippen molar-refractivity contribution in [1.29, 1.82) is 0 Å². The van der Waals surface area contributed by atoms with E-state index >= 15 is 0 Å². The number of hydrogen-bond acceptors (Lipinski definition) is 18. The molecule has 0 radical (unpaired) electrons. The molecule has 10 rings (SSSR count). The summed E-state index contributed by atoms with van der Waals surface area (Å²) in [6.07, 6.45) is 19.8. The molecule has 5 fully saturated rings. The van der Waals surface area contributed by atoms with Gasteiger partial charge in [0.2, 0.25) is 0 Å². The zero-order valence-corrected chi connectivity index (χ0v) is 53.8. The molecule has 85 heavy (non-hydrogen) atoms. The first kappa shape index (κ1) is 68.5. The van der Waals surface area contributed by atoms with Crippen LogP contribution in [0.3, 0.4) is 0 Å². The molecule has 470 valence electrons. The number of piperazine rings is 2. The third-order valence-corrected chi connectivity index (χ3v) is 16.9. The number of nitrogens with zero attached hydrogens (tertiary/aromatic N) is 13. The molecule has 10 N–H and O–H groups in total. The number of pyridine rings is 5. The summed E-state index contributed by atoms with van der Waals surface area (Å²) in [5.74, 6) is 3.83. The van der Waals surface area contributed by atoms with Crippen molar-refractivity contribution in [3.05, 3.63) is 119 Å². The van der Waals surface area contributed by atoms with Crippen molar-refractivity contribution in [1.82, 2.24) is 64.1 Å². The van der Waals surface area contributed by atoms with Crippen LogP contribution in [0.5, 0.6) is 0 Å². The minimum absolute atomic E-state index is 0.458. The molecule has 0 saturated carbocycles. The Labute approximate surface area is 513 Å². The number of aromatic nitrogens is 5. The molecular weight excluding hydrogens is 1060 g/mol. The van der Waals surface area contributed by atoms with Crippen LogP contribution in [0.4, 0.5) is 29.1 Å². The molecule has 3 atom stereocenters. The van der Waals surface area contributed by atoms with E-state index in [1.807, 2.05) is 61.3 Å². The summed E-state index contributed by atoms with van der Waals surface area (Å²) in [6, 6.07) is 21.1. The Morgan fingerprint density at radius 3 is 1.09 bits per heavy atom. The maximum Gasteiger partial charge on any atom is 0.123 e. The second-order valence-electron chi connectivity index (χ2n) is 25.6. The Morgan fingerprint density at radius 2 is 0.729 bits per heavy atom. The SMILES string of the molecule is CC1(C)CCCN(Cc2ccc(N)nc2)C1.CC1CCCN(Cc2ccc(N)nc2)C1.CCCN1CCCN(Cc2ccc(N)nc2)CC1.CCCN1CCN(Cc2ccc(N)nc2)C[C@@H]1C.CCCN1CCN(Cc2ccc(N)nc2)C[C@H]1C. The Hall–Kier alpha value is -5.57. The average molecular weight is 1170 g/mol. The number of hydrogen-bond donors (Lipinski definition) is 5. The highest BCUT2D eigenvalue weighted by Crippen LogP contribution is 2.29. The van der Waals surface area contributed by atoms with Crippen molar-refractivity contribution in [2.75, 3.05) is 140 Å². The number of rotatable bonds is 16. The number of likely N-dealkylation sites (tertiary alicyclic amines) is 2. The highest BCUT2D eigenvalue weighted by molar-refractivity contribution is 5.32. The van der Waals surface area contributed by atoms with E-state index in [1.54, 1.807) is 0 Å². The van der Waals surface area contributed by atoms with Crippen LogP contribution in [0.2, 0.25) is 0 Å². The number of nitrogen functional groups attached to an aromatic ring is 5. The van der Waals surface area contributed by atoms with Gasteiger partial charge in [0.1, 0.15) is 29.1 Å². The first-order valence-corrected chi connectivity index (χ1v) is 32.3. The van der Waals surface area contributed by atoms with Gasteiger partial charge in [0.15, 0.2) is 0 Å². The monoisotopic (exact) mass is 1170 g/mol. The molecule has 18 nitrogen and oxygen atoms in total. The Morgan fingerprint density at radius 1 is 0.388 bits per heavy atom. The minimum Gasteiger partial charge on any atom is -0.384 e. The summed E-state index contributed by atoms with van der Waals surface area (Å²) in [5, 5.41) is 0. The van der Waals surface area contributed by atoms with E-state index in [4.69, 9.17) is 28.7 Å². The van der Waals surface area contributed by atoms with Crippen LogP contribution < -0.4 is 28.7 Å². The average Bonchev–Trinajstić information content (AvgIpc) is 3.74. The molecule has 5 aromatic heterocycles. The van der Waals surface area contributed by atoms with Crippen LogP contribution in [0.1, 0.15) is 135 Å². The lowest BCUT2D eigenvalue weighted by molar-refractivity contribution is 0.0790. The Kier molecular flexibility index (Phi) is 29.5. The third kappa shape index (κ3) is 26.1. The van der Waals surface area contributed by atoms with E-state index in [1.165, 1.54) is 158 Å². The highest BCUT2D eigenvalue weighted by Gasteiger charge is 2.27. The molecule has 0 aliphatic carbocycles. The van der Waals surface area contributed by atoms with Crippen molar-refractivity contribution in [3.8, 4) is 0 Å². The van der Waals surface area contributed by atoms with Crippen LogP contribution in [0.25, 0.3) is 0 Å². The van der Waals surface area contributed by atoms with Gasteiger partial charge in [0, 0.05) is 141 Å². The largest absolute Gasteiger partial charge is 0.384 e. The normalized spacial score (nSPS) is 21.3. The fourth-order valence-electron chi connectivity index (χ4n) is 12.4. The summed E-state index contributed by atoms with van der Waals surface area (Å²) in [5.41, 5.74) is 34.7. The molecule has 5 saturated heterocycles. The lowest BCUT2D eigenvalue weighted by Crippen LogP contribution is -2.51. The quantitative estimate of drug-likeness (QED) is 0.0622. The van der Waals surface area contributed by atoms with Gasteiger partial charge in [0.25, 0.3) is 0 Å². The van der Waals surface area contributed by atoms with Crippen molar-refractivity contribution in [3.63, 3.8) is 0 Å². The number of piperidine rings is 2. The molecule has 5 aliphatic rings. The summed E-state index contributed by atoms with van der Waals surface area (Å²) in [7, 11) is 0. The van der Waals surface area contributed by atoms with E-state index in [2.05, 4.69) is 150 Å². The number of nitrogens with two attached hydrogens (primary N) is 5. The summed E-state index contributed by atoms with van der Waals surface area (Å²) < 4.78 is 0. The minimum atomic E-state index is 0.458. The molecule has 5 aliphatic heterocycles. The molecule has 0 spiro atoms. The van der Waals surface area contributed by atoms with Gasteiger partial charge in [0.05, 0.1) is 0 Å². The first-order valence-electron chi connectivity index (χ1n) is 32.3. The van der Waals surface area contributed by atoms with E-state index in [-0.39, 0.29) is 0 Å². The van der Waals surface area contributed by atoms with Gasteiger partial charge in [-0.2, -0.15) is 0 Å². The lowest BCUT2D eigenvalue weighted by Gasteiger charge is -2.39. The van der Waals surface area contributed by atoms with Gasteiger partial charge in [-0.05, 0) is 181 Å². The van der Waals surface area contributed by atoms with Crippen molar-refractivity contribution >= 4 is 29.1 Å². The molecular formula is C67H112N18. The summed E-state index contributed by atoms with van der Waals surface area (Å²) >= 11 is 0. The molecule has 0 bridgehead atoms. The molecule has 10 heterocycles. The summed E-state index contributed by atoms with van der Waals surface area (Å²) in [4.78, 5) is 41.0. The van der Waals surface area contributed by atoms with Gasteiger partial charge in [-0.1, -0.05) is 71.9 Å². The van der Waals surface area contributed by atoms with E-state index in [9.17, 15) is 0 Å². The van der Waals surface area contributed by atoms with Crippen LogP contribution in [0.15, 0.2) is 91.6 Å². The maximum absolute atomic E-state index is 5.60. The van der Waals surface area contributed by atoms with Gasteiger partial charge < -0.3 is 33.6 Å². The van der Waals surface area contributed by atoms with Gasteiger partial charge in [-0.3, -0.25) is 34.3 Å². The van der Waals surface area contributed by atoms with E-state index < -0.39 is 0 Å². The molecule has 0 aromatic carbocycles. The molecule has 18 heteroatoms. The molecule has 1 unspecified atom stereocenters. The first-order chi connectivity index (χ1) is 40.9. The maximum atomic E-state index is 5.60. The topological polar surface area (TPSA) is 220 Å². The summed E-state index contributed by atoms with van der Waals surface area (Å²) in [6.45, 7) is 43.6. The van der Waals surface area contributed by atoms with Crippen LogP contribution in [0, 0.1) is 11.3 Å². The van der Waals surface area contributed by atoms with E-state index in [0.717, 1.165) is 71.4 Å². The fourth-order valence-corrected chi connectivity index (χ4v) is 12.4. The van der Waals surface area contributed by atoms with Crippen molar-refractivity contribution in [2.24, 2.45) is 11.3 Å². The lowest BCUT2D eigenvalue weighted by atomic mass is 9.84. The standard InChI is InChI=1S/3C14H24N4.C13H21N3.C12H19N3/c2*1-3-6-18-8-7-17(10-12(18)2)11-13-4-5-14(15)16-9-13;1-2-6-17-7-3-8-18(10-9-17)12-13-4-5-14(15)16-11-13;1-13(2)6-3-7-16(10-13)9-11-4-5-12(14)15-8-11;1-10-3-2-6-15(8-10)9-11-4-5-12(13)14-7-11/h2*4-5,9,12H,3,6-8,10-11H2,1-2H3,(H2,15,16);4-5,11H,2-3,6-10,12H2,1H3,(H2,15,16);4-5,8H,3,6-7,9-10H2,1-2H3,(H2,14,15);4-5,7,10H,2-3,6,8-9H2,1H3,(H2,13,14)/t2*12-;;;/m10.../s1. The third-order valence-electron chi connectivity index (χ3n) is 16.9. The van der Waals surface area contributed by atoms with E-state index in [0.29, 0.717) is 46.6 Å². The number of anilines is 5. The van der Waals surface area contributed by atoms with Gasteiger partial charge in [-0.25, -0.2) is 24.9 Å². The van der Waals surface area contributed by atoms with Crippen molar-refractivity contribution in [2.45, 2.75) is 152 Å². The Bertz CT molecular complexity index is 2410. The second kappa shape index (κ2) is 36.5. The van der Waals surface area contributed by atoms with Crippen LogP contribution in [-0.4, -0.2) is 187 Å². The zero-order valence-electron chi connectivity index (χ0n) is 53.8. The van der Waals surface area contributed by atoms with Crippen LogP contribution in [-0.2, 0) is 32.7 Å². The Balaban J connectivity index is 0.000000170. The van der Waals surface area contributed by atoms with Gasteiger partial charge >= 0.3 is 0 Å². The smallest absolute Gasteiger partial charge is 0.123 e. The molecule has 5 aromatic rings. The highest BCUT2D eigenvalue weighted by atomic mass is 15.3. The fraction of sp³-hybridized carbons (Fsp3) is 0.627. The molecule has 0 amide bonds. The second-order valence-corrected chi connectivity index (χ2v) is 25.6.